The Labute approximate surface area is 135 Å². The molecule has 1 amide bonds. The van der Waals surface area contributed by atoms with E-state index in [-0.39, 0.29) is 17.6 Å². The highest BCUT2D eigenvalue weighted by Gasteiger charge is 2.38. The standard InChI is InChI=1S/C15H22N6O2/c1-10-8-20(15(3,4)9-23-10)14(22)13-11(2)21(18-16-13)12-6-7-19(5)17-12/h6-7,10H,8-9H2,1-5H3/t10-/m0/s1. The van der Waals surface area contributed by atoms with Crippen LogP contribution in [0.5, 0.6) is 0 Å². The van der Waals surface area contributed by atoms with Gasteiger partial charge in [-0.3, -0.25) is 9.48 Å². The Hall–Kier alpha value is -2.22. The van der Waals surface area contributed by atoms with Gasteiger partial charge in [-0.25, -0.2) is 0 Å². The molecular weight excluding hydrogens is 296 g/mol. The number of carbonyl (C=O) groups is 1. The van der Waals surface area contributed by atoms with Gasteiger partial charge < -0.3 is 9.64 Å². The summed E-state index contributed by atoms with van der Waals surface area (Å²) in [5, 5.41) is 12.5. The van der Waals surface area contributed by atoms with Crippen LogP contribution in [0.1, 0.15) is 37.0 Å². The summed E-state index contributed by atoms with van der Waals surface area (Å²) in [4.78, 5) is 14.8. The lowest BCUT2D eigenvalue weighted by atomic mass is 10.00. The Balaban J connectivity index is 1.93. The Morgan fingerprint density at radius 3 is 2.83 bits per heavy atom. The molecular formula is C15H22N6O2. The third-order valence-electron chi connectivity index (χ3n) is 4.15. The minimum Gasteiger partial charge on any atom is -0.374 e. The summed E-state index contributed by atoms with van der Waals surface area (Å²) in [6.07, 6.45) is 1.84. The van der Waals surface area contributed by atoms with Crippen LogP contribution in [0.3, 0.4) is 0 Å². The number of aromatic nitrogens is 5. The number of aryl methyl sites for hydroxylation is 1. The molecule has 0 aliphatic carbocycles. The zero-order chi connectivity index (χ0) is 16.8. The number of amides is 1. The summed E-state index contributed by atoms with van der Waals surface area (Å²) in [6.45, 7) is 8.84. The molecule has 0 radical (unpaired) electrons. The van der Waals surface area contributed by atoms with Crippen molar-refractivity contribution in [1.29, 1.82) is 0 Å². The zero-order valence-corrected chi connectivity index (χ0v) is 14.1. The first-order valence-electron chi connectivity index (χ1n) is 7.65. The van der Waals surface area contributed by atoms with E-state index in [1.807, 2.05) is 51.9 Å². The van der Waals surface area contributed by atoms with Gasteiger partial charge in [0.05, 0.1) is 23.9 Å². The van der Waals surface area contributed by atoms with Crippen molar-refractivity contribution in [2.75, 3.05) is 13.2 Å². The van der Waals surface area contributed by atoms with E-state index in [1.54, 1.807) is 9.36 Å². The molecule has 0 aromatic carbocycles. The maximum atomic E-state index is 13.0. The molecule has 1 fully saturated rings. The fourth-order valence-corrected chi connectivity index (χ4v) is 2.73. The van der Waals surface area contributed by atoms with E-state index < -0.39 is 0 Å². The first kappa shape index (κ1) is 15.7. The predicted molar refractivity (Wildman–Crippen MR) is 83.4 cm³/mol. The van der Waals surface area contributed by atoms with Crippen LogP contribution in [0.15, 0.2) is 12.3 Å². The summed E-state index contributed by atoms with van der Waals surface area (Å²) in [7, 11) is 1.83. The van der Waals surface area contributed by atoms with Crippen LogP contribution in [0.25, 0.3) is 5.82 Å². The van der Waals surface area contributed by atoms with Crippen LogP contribution < -0.4 is 0 Å². The van der Waals surface area contributed by atoms with E-state index in [0.717, 1.165) is 0 Å². The number of rotatable bonds is 2. The average Bonchev–Trinajstić information content (AvgIpc) is 3.07. The van der Waals surface area contributed by atoms with Gasteiger partial charge in [0.1, 0.15) is 0 Å². The molecule has 8 heteroatoms. The summed E-state index contributed by atoms with van der Waals surface area (Å²) in [6, 6.07) is 1.83. The lowest BCUT2D eigenvalue weighted by Gasteiger charge is -2.44. The smallest absolute Gasteiger partial charge is 0.276 e. The fourth-order valence-electron chi connectivity index (χ4n) is 2.73. The van der Waals surface area contributed by atoms with Gasteiger partial charge in [-0.1, -0.05) is 5.21 Å². The van der Waals surface area contributed by atoms with Crippen LogP contribution in [0.4, 0.5) is 0 Å². The number of carbonyl (C=O) groups excluding carboxylic acids is 1. The molecule has 1 aliphatic rings. The predicted octanol–water partition coefficient (Wildman–Crippen LogP) is 0.949. The molecule has 1 saturated heterocycles. The van der Waals surface area contributed by atoms with Crippen molar-refractivity contribution < 1.29 is 9.53 Å². The van der Waals surface area contributed by atoms with E-state index >= 15 is 0 Å². The Morgan fingerprint density at radius 2 is 2.17 bits per heavy atom. The fraction of sp³-hybridized carbons (Fsp3) is 0.600. The summed E-state index contributed by atoms with van der Waals surface area (Å²) in [5.41, 5.74) is 0.673. The van der Waals surface area contributed by atoms with Crippen LogP contribution in [-0.4, -0.2) is 60.4 Å². The van der Waals surface area contributed by atoms with E-state index in [1.165, 1.54) is 0 Å². The van der Waals surface area contributed by atoms with E-state index in [4.69, 9.17) is 4.74 Å². The van der Waals surface area contributed by atoms with Crippen molar-refractivity contribution in [2.24, 2.45) is 7.05 Å². The molecule has 1 aliphatic heterocycles. The third-order valence-corrected chi connectivity index (χ3v) is 4.15. The van der Waals surface area contributed by atoms with Crippen LogP contribution >= 0.6 is 0 Å². The first-order chi connectivity index (χ1) is 10.8. The highest BCUT2D eigenvalue weighted by molar-refractivity contribution is 5.94. The summed E-state index contributed by atoms with van der Waals surface area (Å²) >= 11 is 0. The molecule has 0 saturated carbocycles. The number of hydrogen-bond acceptors (Lipinski definition) is 5. The van der Waals surface area contributed by atoms with Crippen molar-refractivity contribution >= 4 is 5.91 Å². The van der Waals surface area contributed by atoms with E-state index in [9.17, 15) is 4.79 Å². The molecule has 8 nitrogen and oxygen atoms in total. The second kappa shape index (κ2) is 5.45. The molecule has 0 unspecified atom stereocenters. The quantitative estimate of drug-likeness (QED) is 0.824. The molecule has 0 spiro atoms. The average molecular weight is 318 g/mol. The molecule has 124 valence electrons. The number of morpholine rings is 1. The summed E-state index contributed by atoms with van der Waals surface area (Å²) < 4.78 is 8.94. The number of ether oxygens (including phenoxy) is 1. The Morgan fingerprint density at radius 1 is 1.43 bits per heavy atom. The minimum absolute atomic E-state index is 0.0121. The summed E-state index contributed by atoms with van der Waals surface area (Å²) in [5.74, 6) is 0.524. The van der Waals surface area contributed by atoms with Gasteiger partial charge in [-0.05, 0) is 27.7 Å². The highest BCUT2D eigenvalue weighted by Crippen LogP contribution is 2.24. The second-order valence-electron chi connectivity index (χ2n) is 6.63. The molecule has 23 heavy (non-hydrogen) atoms. The monoisotopic (exact) mass is 318 g/mol. The zero-order valence-electron chi connectivity index (χ0n) is 14.1. The maximum absolute atomic E-state index is 13.0. The molecule has 1 atom stereocenters. The lowest BCUT2D eigenvalue weighted by molar-refractivity contribution is -0.0757. The molecule has 0 bridgehead atoms. The van der Waals surface area contributed by atoms with Crippen molar-refractivity contribution in [1.82, 2.24) is 29.7 Å². The van der Waals surface area contributed by atoms with E-state index in [2.05, 4.69) is 15.4 Å². The molecule has 2 aromatic heterocycles. The normalized spacial score (nSPS) is 20.7. The molecule has 2 aromatic rings. The van der Waals surface area contributed by atoms with Crippen molar-refractivity contribution in [2.45, 2.75) is 39.3 Å². The maximum Gasteiger partial charge on any atom is 0.276 e. The van der Waals surface area contributed by atoms with Crippen molar-refractivity contribution in [3.63, 3.8) is 0 Å². The largest absolute Gasteiger partial charge is 0.374 e. The van der Waals surface area contributed by atoms with Crippen molar-refractivity contribution in [3.05, 3.63) is 23.7 Å². The third kappa shape index (κ3) is 2.74. The van der Waals surface area contributed by atoms with Crippen LogP contribution in [0, 0.1) is 6.92 Å². The topological polar surface area (TPSA) is 78.1 Å². The second-order valence-corrected chi connectivity index (χ2v) is 6.63. The van der Waals surface area contributed by atoms with Crippen molar-refractivity contribution in [3.8, 4) is 5.82 Å². The van der Waals surface area contributed by atoms with Crippen LogP contribution in [0.2, 0.25) is 0 Å². The van der Waals surface area contributed by atoms with Crippen LogP contribution in [-0.2, 0) is 11.8 Å². The van der Waals surface area contributed by atoms with E-state index in [0.29, 0.717) is 30.4 Å². The van der Waals surface area contributed by atoms with Gasteiger partial charge in [0, 0.05) is 25.9 Å². The molecule has 0 N–H and O–H groups in total. The number of nitrogens with zero attached hydrogens (tertiary/aromatic N) is 6. The Bertz CT molecular complexity index is 732. The van der Waals surface area contributed by atoms with Gasteiger partial charge in [-0.2, -0.15) is 9.78 Å². The highest BCUT2D eigenvalue weighted by atomic mass is 16.5. The molecule has 3 rings (SSSR count). The number of hydrogen-bond donors (Lipinski definition) is 0. The van der Waals surface area contributed by atoms with Gasteiger partial charge in [-0.15, -0.1) is 5.10 Å². The minimum atomic E-state index is -0.370. The van der Waals surface area contributed by atoms with Gasteiger partial charge >= 0.3 is 0 Å². The molecule has 3 heterocycles. The van der Waals surface area contributed by atoms with Gasteiger partial charge in [0.2, 0.25) is 0 Å². The van der Waals surface area contributed by atoms with Gasteiger partial charge in [0.25, 0.3) is 5.91 Å². The van der Waals surface area contributed by atoms with Gasteiger partial charge in [0.15, 0.2) is 11.5 Å². The first-order valence-corrected chi connectivity index (χ1v) is 7.65. The Kier molecular flexibility index (Phi) is 3.71. The lowest BCUT2D eigenvalue weighted by Crippen LogP contribution is -2.58. The SMILES string of the molecule is Cc1c(C(=O)N2C[C@H](C)OCC2(C)C)nnn1-c1ccn(C)n1.